The van der Waals surface area contributed by atoms with E-state index in [1.165, 1.54) is 0 Å². The number of allylic oxidation sites excluding steroid dienone is 1. The van der Waals surface area contributed by atoms with Crippen molar-refractivity contribution in [1.82, 2.24) is 0 Å². The van der Waals surface area contributed by atoms with Crippen LogP contribution in [0.2, 0.25) is 0 Å². The van der Waals surface area contributed by atoms with Crippen LogP contribution in [0.25, 0.3) is 0 Å². The highest BCUT2D eigenvalue weighted by molar-refractivity contribution is 5.32. The van der Waals surface area contributed by atoms with Gasteiger partial charge in [-0.3, -0.25) is 0 Å². The van der Waals surface area contributed by atoms with E-state index in [1.807, 2.05) is 24.3 Å². The van der Waals surface area contributed by atoms with Crippen molar-refractivity contribution in [2.75, 3.05) is 20.3 Å². The van der Waals surface area contributed by atoms with Crippen molar-refractivity contribution < 1.29 is 14.9 Å². The maximum absolute atomic E-state index is 9.16. The molecule has 0 spiro atoms. The standard InChI is InChI=1S/C14H16O3/c1-17-14-7-5-12(6-8-14)10-13(11-16)4-2-3-9-15/h4-8,15-16H,9-11H2,1H3/b13-4+. The van der Waals surface area contributed by atoms with Gasteiger partial charge in [0.25, 0.3) is 0 Å². The van der Waals surface area contributed by atoms with E-state index in [4.69, 9.17) is 14.9 Å². The third-order valence-corrected chi connectivity index (χ3v) is 2.25. The molecule has 1 aromatic carbocycles. The van der Waals surface area contributed by atoms with Gasteiger partial charge < -0.3 is 14.9 Å². The van der Waals surface area contributed by atoms with Crippen molar-refractivity contribution in [3.05, 3.63) is 41.5 Å². The molecule has 3 nitrogen and oxygen atoms in total. The Balaban J connectivity index is 2.70. The maximum Gasteiger partial charge on any atom is 0.118 e. The van der Waals surface area contributed by atoms with Gasteiger partial charge in [-0.2, -0.15) is 0 Å². The quantitative estimate of drug-likeness (QED) is 0.766. The molecule has 0 heterocycles. The Labute approximate surface area is 101 Å². The Morgan fingerprint density at radius 1 is 1.29 bits per heavy atom. The van der Waals surface area contributed by atoms with Crippen LogP contribution < -0.4 is 4.74 Å². The van der Waals surface area contributed by atoms with Gasteiger partial charge in [0.2, 0.25) is 0 Å². The second-order valence-electron chi connectivity index (χ2n) is 3.46. The third-order valence-electron chi connectivity index (χ3n) is 2.25. The minimum absolute atomic E-state index is 0.0356. The van der Waals surface area contributed by atoms with E-state index in [0.717, 1.165) is 16.9 Å². The highest BCUT2D eigenvalue weighted by Gasteiger charge is 1.98. The van der Waals surface area contributed by atoms with Crippen molar-refractivity contribution in [3.8, 4) is 17.6 Å². The summed E-state index contributed by atoms with van der Waals surface area (Å²) in [5.74, 6) is 6.01. The zero-order chi connectivity index (χ0) is 12.5. The van der Waals surface area contributed by atoms with Crippen molar-refractivity contribution in [2.24, 2.45) is 0 Å². The van der Waals surface area contributed by atoms with Gasteiger partial charge in [0.1, 0.15) is 12.4 Å². The lowest BCUT2D eigenvalue weighted by molar-refractivity contribution is 0.328. The highest BCUT2D eigenvalue weighted by Crippen LogP contribution is 2.14. The number of aliphatic hydroxyl groups is 2. The van der Waals surface area contributed by atoms with E-state index in [1.54, 1.807) is 13.2 Å². The molecule has 1 aromatic rings. The second kappa shape index (κ2) is 7.50. The lowest BCUT2D eigenvalue weighted by Gasteiger charge is -2.04. The largest absolute Gasteiger partial charge is 0.497 e. The highest BCUT2D eigenvalue weighted by atomic mass is 16.5. The Hall–Kier alpha value is -1.76. The molecule has 0 aliphatic heterocycles. The summed E-state index contributed by atoms with van der Waals surface area (Å²) in [6.45, 7) is -0.204. The minimum Gasteiger partial charge on any atom is -0.497 e. The molecule has 0 amide bonds. The first-order valence-electron chi connectivity index (χ1n) is 5.31. The molecule has 0 atom stereocenters. The summed E-state index contributed by atoms with van der Waals surface area (Å²) in [6.07, 6.45) is 2.28. The molecule has 0 aliphatic carbocycles. The smallest absolute Gasteiger partial charge is 0.118 e. The van der Waals surface area contributed by atoms with E-state index < -0.39 is 0 Å². The summed E-state index contributed by atoms with van der Waals surface area (Å²) in [4.78, 5) is 0. The Kier molecular flexibility index (Phi) is 5.87. The summed E-state index contributed by atoms with van der Waals surface area (Å²) in [5.41, 5.74) is 1.90. The van der Waals surface area contributed by atoms with Crippen molar-refractivity contribution in [2.45, 2.75) is 6.42 Å². The molecule has 17 heavy (non-hydrogen) atoms. The molecule has 3 heteroatoms. The summed E-state index contributed by atoms with van der Waals surface area (Å²) < 4.78 is 5.07. The Morgan fingerprint density at radius 2 is 2.00 bits per heavy atom. The van der Waals surface area contributed by atoms with Gasteiger partial charge in [0, 0.05) is 0 Å². The first kappa shape index (κ1) is 13.3. The summed E-state index contributed by atoms with van der Waals surface area (Å²) in [6, 6.07) is 7.65. The molecule has 0 saturated heterocycles. The Bertz CT molecular complexity index is 421. The molecule has 0 fully saturated rings. The van der Waals surface area contributed by atoms with Gasteiger partial charge in [0.15, 0.2) is 0 Å². The van der Waals surface area contributed by atoms with Crippen molar-refractivity contribution >= 4 is 0 Å². The first-order valence-corrected chi connectivity index (χ1v) is 5.31. The molecule has 2 N–H and O–H groups in total. The van der Waals surface area contributed by atoms with Crippen molar-refractivity contribution in [1.29, 1.82) is 0 Å². The van der Waals surface area contributed by atoms with Gasteiger partial charge in [-0.15, -0.1) is 0 Å². The van der Waals surface area contributed by atoms with Gasteiger partial charge >= 0.3 is 0 Å². The fourth-order valence-corrected chi connectivity index (χ4v) is 1.36. The monoisotopic (exact) mass is 232 g/mol. The summed E-state index contributed by atoms with van der Waals surface area (Å²) >= 11 is 0. The molecule has 90 valence electrons. The van der Waals surface area contributed by atoms with Crippen LogP contribution >= 0.6 is 0 Å². The predicted octanol–water partition coefficient (Wildman–Crippen LogP) is 1.15. The molecule has 0 aromatic heterocycles. The number of aliphatic hydroxyl groups excluding tert-OH is 2. The normalized spacial score (nSPS) is 10.6. The Morgan fingerprint density at radius 3 is 2.53 bits per heavy atom. The SMILES string of the molecule is COc1ccc(C/C(=C\C#CCO)CO)cc1. The molecule has 0 saturated carbocycles. The van der Waals surface area contributed by atoms with E-state index in [2.05, 4.69) is 11.8 Å². The molecular weight excluding hydrogens is 216 g/mol. The number of hydrogen-bond donors (Lipinski definition) is 2. The lowest BCUT2D eigenvalue weighted by atomic mass is 10.1. The van der Waals surface area contributed by atoms with Crippen LogP contribution in [0.3, 0.4) is 0 Å². The van der Waals surface area contributed by atoms with Crippen LogP contribution in [-0.2, 0) is 6.42 Å². The fraction of sp³-hybridized carbons (Fsp3) is 0.286. The maximum atomic E-state index is 9.16. The molecule has 0 bridgehead atoms. The number of hydrogen-bond acceptors (Lipinski definition) is 3. The van der Waals surface area contributed by atoms with E-state index >= 15 is 0 Å². The van der Waals surface area contributed by atoms with Gasteiger partial charge in [0.05, 0.1) is 13.7 Å². The topological polar surface area (TPSA) is 49.7 Å². The summed E-state index contributed by atoms with van der Waals surface area (Å²) in [5, 5.41) is 17.7. The summed E-state index contributed by atoms with van der Waals surface area (Å²) in [7, 11) is 1.62. The zero-order valence-corrected chi connectivity index (χ0v) is 9.81. The van der Waals surface area contributed by atoms with Crippen LogP contribution in [0, 0.1) is 11.8 Å². The molecule has 0 aliphatic rings. The average Bonchev–Trinajstić information content (AvgIpc) is 2.38. The predicted molar refractivity (Wildman–Crippen MR) is 66.7 cm³/mol. The number of methoxy groups -OCH3 is 1. The average molecular weight is 232 g/mol. The lowest BCUT2D eigenvalue weighted by Crippen LogP contribution is -1.96. The first-order chi connectivity index (χ1) is 8.30. The van der Waals surface area contributed by atoms with Gasteiger partial charge in [-0.25, -0.2) is 0 Å². The number of benzene rings is 1. The van der Waals surface area contributed by atoms with Crippen molar-refractivity contribution in [3.63, 3.8) is 0 Å². The number of ether oxygens (including phenoxy) is 1. The van der Waals surface area contributed by atoms with Crippen LogP contribution in [0.15, 0.2) is 35.9 Å². The molecule has 1 rings (SSSR count). The van der Waals surface area contributed by atoms with Crippen LogP contribution in [-0.4, -0.2) is 30.5 Å². The minimum atomic E-state index is -0.169. The molecule has 0 radical (unpaired) electrons. The fourth-order valence-electron chi connectivity index (χ4n) is 1.36. The molecule has 0 unspecified atom stereocenters. The number of rotatable bonds is 4. The van der Waals surface area contributed by atoms with Crippen LogP contribution in [0.4, 0.5) is 0 Å². The third kappa shape index (κ3) is 4.73. The van der Waals surface area contributed by atoms with E-state index in [9.17, 15) is 0 Å². The van der Waals surface area contributed by atoms with Gasteiger partial charge in [-0.05, 0) is 35.8 Å². The van der Waals surface area contributed by atoms with E-state index in [0.29, 0.717) is 6.42 Å². The van der Waals surface area contributed by atoms with Crippen LogP contribution in [0.5, 0.6) is 5.75 Å². The van der Waals surface area contributed by atoms with E-state index in [-0.39, 0.29) is 13.2 Å². The zero-order valence-electron chi connectivity index (χ0n) is 9.81. The van der Waals surface area contributed by atoms with Gasteiger partial charge in [-0.1, -0.05) is 24.0 Å². The second-order valence-corrected chi connectivity index (χ2v) is 3.46. The molecular formula is C14H16O3. The van der Waals surface area contributed by atoms with Crippen LogP contribution in [0.1, 0.15) is 5.56 Å².